The number of nitrogens with one attached hydrogen (secondary N) is 2. The molecule has 1 aromatic heterocycles. The van der Waals surface area contributed by atoms with Crippen molar-refractivity contribution in [2.45, 2.75) is 13.3 Å². The maximum Gasteiger partial charge on any atom is 0.0597 e. The molecular weight excluding hydrogens is 160 g/mol. The van der Waals surface area contributed by atoms with E-state index < -0.39 is 0 Å². The third-order valence-corrected chi connectivity index (χ3v) is 2.15. The van der Waals surface area contributed by atoms with Gasteiger partial charge in [-0.1, -0.05) is 25.1 Å². The van der Waals surface area contributed by atoms with Crippen LogP contribution in [0.25, 0.3) is 10.9 Å². The van der Waals surface area contributed by atoms with Crippen LogP contribution in [-0.4, -0.2) is 11.5 Å². The van der Waals surface area contributed by atoms with Crippen LogP contribution in [0.15, 0.2) is 30.5 Å². The SMILES string of the molecule is CCCNc1c[nH]c2ccccc12. The molecular formula is C11H14N2. The number of benzene rings is 1. The second-order valence-electron chi connectivity index (χ2n) is 3.17. The van der Waals surface area contributed by atoms with Crippen molar-refractivity contribution in [3.8, 4) is 0 Å². The number of hydrogen-bond acceptors (Lipinski definition) is 1. The number of H-pyrrole nitrogens is 1. The molecule has 1 heterocycles. The van der Waals surface area contributed by atoms with E-state index >= 15 is 0 Å². The van der Waals surface area contributed by atoms with E-state index in [0.717, 1.165) is 13.0 Å². The van der Waals surface area contributed by atoms with E-state index in [1.54, 1.807) is 0 Å². The summed E-state index contributed by atoms with van der Waals surface area (Å²) >= 11 is 0. The average molecular weight is 174 g/mol. The van der Waals surface area contributed by atoms with Crippen LogP contribution in [0.4, 0.5) is 5.69 Å². The highest BCUT2D eigenvalue weighted by atomic mass is 14.9. The number of aromatic amines is 1. The summed E-state index contributed by atoms with van der Waals surface area (Å²) in [5, 5.41) is 4.66. The standard InChI is InChI=1S/C11H14N2/c1-2-7-12-11-8-13-10-6-4-3-5-9(10)11/h3-6,8,12-13H,2,7H2,1H3. The summed E-state index contributed by atoms with van der Waals surface area (Å²) in [5.41, 5.74) is 2.40. The minimum Gasteiger partial charge on any atom is -0.383 e. The first-order valence-corrected chi connectivity index (χ1v) is 4.72. The van der Waals surface area contributed by atoms with Gasteiger partial charge in [-0.2, -0.15) is 0 Å². The van der Waals surface area contributed by atoms with E-state index in [1.807, 2.05) is 12.3 Å². The van der Waals surface area contributed by atoms with Gasteiger partial charge in [-0.3, -0.25) is 0 Å². The maximum atomic E-state index is 3.39. The van der Waals surface area contributed by atoms with E-state index in [-0.39, 0.29) is 0 Å². The molecule has 1 aromatic carbocycles. The lowest BCUT2D eigenvalue weighted by atomic mass is 10.2. The molecule has 2 nitrogen and oxygen atoms in total. The largest absolute Gasteiger partial charge is 0.383 e. The number of aromatic nitrogens is 1. The van der Waals surface area contributed by atoms with E-state index in [2.05, 4.69) is 35.4 Å². The summed E-state index contributed by atoms with van der Waals surface area (Å²) in [6.45, 7) is 3.20. The van der Waals surface area contributed by atoms with Gasteiger partial charge in [0, 0.05) is 23.6 Å². The fourth-order valence-electron chi connectivity index (χ4n) is 1.48. The van der Waals surface area contributed by atoms with Gasteiger partial charge in [0.25, 0.3) is 0 Å². The number of hydrogen-bond donors (Lipinski definition) is 2. The van der Waals surface area contributed by atoms with Crippen molar-refractivity contribution in [2.24, 2.45) is 0 Å². The van der Waals surface area contributed by atoms with Gasteiger partial charge in [0.2, 0.25) is 0 Å². The molecule has 0 unspecified atom stereocenters. The topological polar surface area (TPSA) is 27.8 Å². The second kappa shape index (κ2) is 3.52. The number of para-hydroxylation sites is 1. The number of rotatable bonds is 3. The second-order valence-corrected chi connectivity index (χ2v) is 3.17. The van der Waals surface area contributed by atoms with Crippen molar-refractivity contribution >= 4 is 16.6 Å². The smallest absolute Gasteiger partial charge is 0.0597 e. The maximum absolute atomic E-state index is 3.39. The summed E-state index contributed by atoms with van der Waals surface area (Å²) in [5.74, 6) is 0. The van der Waals surface area contributed by atoms with Crippen LogP contribution in [0.3, 0.4) is 0 Å². The lowest BCUT2D eigenvalue weighted by Crippen LogP contribution is -1.97. The van der Waals surface area contributed by atoms with Crippen LogP contribution >= 0.6 is 0 Å². The predicted octanol–water partition coefficient (Wildman–Crippen LogP) is 2.99. The van der Waals surface area contributed by atoms with Crippen molar-refractivity contribution in [1.82, 2.24) is 4.98 Å². The molecule has 0 saturated carbocycles. The zero-order chi connectivity index (χ0) is 9.10. The molecule has 0 atom stereocenters. The van der Waals surface area contributed by atoms with Crippen LogP contribution in [0, 0.1) is 0 Å². The van der Waals surface area contributed by atoms with Crippen molar-refractivity contribution in [3.63, 3.8) is 0 Å². The molecule has 0 aliphatic heterocycles. The first-order chi connectivity index (χ1) is 6.42. The summed E-state index contributed by atoms with van der Waals surface area (Å²) in [6, 6.07) is 8.33. The molecule has 68 valence electrons. The van der Waals surface area contributed by atoms with Crippen molar-refractivity contribution in [1.29, 1.82) is 0 Å². The zero-order valence-corrected chi connectivity index (χ0v) is 7.80. The Morgan fingerprint density at radius 2 is 2.15 bits per heavy atom. The van der Waals surface area contributed by atoms with Crippen LogP contribution in [-0.2, 0) is 0 Å². The molecule has 13 heavy (non-hydrogen) atoms. The van der Waals surface area contributed by atoms with Gasteiger partial charge in [0.05, 0.1) is 5.69 Å². The molecule has 2 heteroatoms. The van der Waals surface area contributed by atoms with Gasteiger partial charge >= 0.3 is 0 Å². The molecule has 0 aliphatic carbocycles. The van der Waals surface area contributed by atoms with E-state index in [1.165, 1.54) is 16.6 Å². The van der Waals surface area contributed by atoms with Gasteiger partial charge in [0.15, 0.2) is 0 Å². The van der Waals surface area contributed by atoms with Crippen molar-refractivity contribution in [3.05, 3.63) is 30.5 Å². The Balaban J connectivity index is 2.35. The van der Waals surface area contributed by atoms with Crippen LogP contribution in [0.1, 0.15) is 13.3 Å². The predicted molar refractivity (Wildman–Crippen MR) is 57.1 cm³/mol. The first-order valence-electron chi connectivity index (χ1n) is 4.72. The average Bonchev–Trinajstić information content (AvgIpc) is 2.58. The molecule has 2 N–H and O–H groups in total. The Morgan fingerprint density at radius 3 is 3.00 bits per heavy atom. The quantitative estimate of drug-likeness (QED) is 0.735. The van der Waals surface area contributed by atoms with Crippen LogP contribution < -0.4 is 5.32 Å². The lowest BCUT2D eigenvalue weighted by Gasteiger charge is -2.01. The molecule has 0 fully saturated rings. The number of anilines is 1. The van der Waals surface area contributed by atoms with E-state index in [9.17, 15) is 0 Å². The Bertz CT molecular complexity index is 390. The molecule has 0 saturated heterocycles. The van der Waals surface area contributed by atoms with E-state index in [0.29, 0.717) is 0 Å². The van der Waals surface area contributed by atoms with Gasteiger partial charge in [-0.05, 0) is 12.5 Å². The Kier molecular flexibility index (Phi) is 2.21. The van der Waals surface area contributed by atoms with E-state index in [4.69, 9.17) is 0 Å². The molecule has 0 radical (unpaired) electrons. The third-order valence-electron chi connectivity index (χ3n) is 2.15. The molecule has 0 aliphatic rings. The summed E-state index contributed by atoms with van der Waals surface area (Å²) < 4.78 is 0. The highest BCUT2D eigenvalue weighted by molar-refractivity contribution is 5.92. The number of fused-ring (bicyclic) bond motifs is 1. The highest BCUT2D eigenvalue weighted by Gasteiger charge is 1.99. The normalized spacial score (nSPS) is 10.5. The Morgan fingerprint density at radius 1 is 1.31 bits per heavy atom. The van der Waals surface area contributed by atoms with Crippen molar-refractivity contribution < 1.29 is 0 Å². The van der Waals surface area contributed by atoms with Gasteiger partial charge in [-0.15, -0.1) is 0 Å². The molecule has 2 aromatic rings. The van der Waals surface area contributed by atoms with Gasteiger partial charge < -0.3 is 10.3 Å². The monoisotopic (exact) mass is 174 g/mol. The van der Waals surface area contributed by atoms with Gasteiger partial charge in [-0.25, -0.2) is 0 Å². The van der Waals surface area contributed by atoms with Crippen LogP contribution in [0.5, 0.6) is 0 Å². The minimum absolute atomic E-state index is 1.03. The van der Waals surface area contributed by atoms with Gasteiger partial charge in [0.1, 0.15) is 0 Å². The minimum atomic E-state index is 1.03. The zero-order valence-electron chi connectivity index (χ0n) is 7.80. The third kappa shape index (κ3) is 1.52. The van der Waals surface area contributed by atoms with Crippen LogP contribution in [0.2, 0.25) is 0 Å². The van der Waals surface area contributed by atoms with Crippen molar-refractivity contribution in [2.75, 3.05) is 11.9 Å². The lowest BCUT2D eigenvalue weighted by molar-refractivity contribution is 0.981. The fraction of sp³-hybridized carbons (Fsp3) is 0.273. The molecule has 2 rings (SSSR count). The molecule has 0 amide bonds. The molecule has 0 bridgehead atoms. The Labute approximate surface area is 78.0 Å². The highest BCUT2D eigenvalue weighted by Crippen LogP contribution is 2.21. The Hall–Kier alpha value is -1.44. The first kappa shape index (κ1) is 8.17. The summed E-state index contributed by atoms with van der Waals surface area (Å²) in [7, 11) is 0. The summed E-state index contributed by atoms with van der Waals surface area (Å²) in [6.07, 6.45) is 3.18. The molecule has 0 spiro atoms. The summed E-state index contributed by atoms with van der Waals surface area (Å²) in [4.78, 5) is 3.23. The fourth-order valence-corrected chi connectivity index (χ4v) is 1.48.